The van der Waals surface area contributed by atoms with Gasteiger partial charge in [-0.05, 0) is 36.6 Å². The van der Waals surface area contributed by atoms with Gasteiger partial charge >= 0.3 is 0 Å². The van der Waals surface area contributed by atoms with Gasteiger partial charge in [0.05, 0.1) is 11.5 Å². The topological polar surface area (TPSA) is 66.4 Å². The van der Waals surface area contributed by atoms with E-state index in [0.717, 1.165) is 0 Å². The molecule has 0 aliphatic heterocycles. The Labute approximate surface area is 127 Å². The van der Waals surface area contributed by atoms with Gasteiger partial charge in [0.25, 0.3) is 0 Å². The van der Waals surface area contributed by atoms with Crippen LogP contribution in [0.4, 0.5) is 4.39 Å². The Morgan fingerprint density at radius 2 is 1.86 bits per heavy atom. The van der Waals surface area contributed by atoms with E-state index in [9.17, 15) is 12.8 Å². The third kappa shape index (κ3) is 3.68. The second kappa shape index (κ2) is 6.23. The van der Waals surface area contributed by atoms with Gasteiger partial charge in [-0.25, -0.2) is 17.5 Å². The Morgan fingerprint density at radius 3 is 2.38 bits per heavy atom. The summed E-state index contributed by atoms with van der Waals surface area (Å²) in [6.07, 6.45) is 0. The van der Waals surface area contributed by atoms with Crippen LogP contribution in [0.1, 0.15) is 21.6 Å². The monoisotopic (exact) mass is 329 g/mol. The van der Waals surface area contributed by atoms with Crippen molar-refractivity contribution in [3.05, 3.63) is 51.0 Å². The lowest BCUT2D eigenvalue weighted by atomic mass is 10.1. The number of aryl methyl sites for hydroxylation is 2. The van der Waals surface area contributed by atoms with Gasteiger partial charge in [0.2, 0.25) is 10.0 Å². The minimum Gasteiger partial charge on any atom is -0.391 e. The second-order valence-electron chi connectivity index (χ2n) is 4.77. The van der Waals surface area contributed by atoms with Gasteiger partial charge in [0, 0.05) is 16.8 Å². The fourth-order valence-corrected chi connectivity index (χ4v) is 4.14. The maximum atomic E-state index is 13.5. The van der Waals surface area contributed by atoms with Gasteiger partial charge in [-0.2, -0.15) is 0 Å². The summed E-state index contributed by atoms with van der Waals surface area (Å²) in [6.45, 7) is 3.20. The minimum absolute atomic E-state index is 0.0919. The van der Waals surface area contributed by atoms with E-state index in [-0.39, 0.29) is 23.9 Å². The molecule has 0 fully saturated rings. The van der Waals surface area contributed by atoms with Crippen molar-refractivity contribution in [3.8, 4) is 0 Å². The van der Waals surface area contributed by atoms with E-state index in [1.807, 2.05) is 0 Å². The molecular formula is C14H16FNO3S2. The molecule has 1 aromatic heterocycles. The van der Waals surface area contributed by atoms with Crippen molar-refractivity contribution in [2.24, 2.45) is 0 Å². The van der Waals surface area contributed by atoms with Crippen LogP contribution in [0.15, 0.2) is 28.5 Å². The fraction of sp³-hybridized carbons (Fsp3) is 0.286. The number of aliphatic hydroxyl groups excluding tert-OH is 1. The molecule has 2 rings (SSSR count). The number of halogens is 1. The first-order valence-corrected chi connectivity index (χ1v) is 8.63. The predicted octanol–water partition coefficient (Wildman–Crippen LogP) is 2.47. The van der Waals surface area contributed by atoms with Gasteiger partial charge in [-0.1, -0.05) is 12.1 Å². The zero-order valence-electron chi connectivity index (χ0n) is 11.7. The quantitative estimate of drug-likeness (QED) is 0.885. The van der Waals surface area contributed by atoms with Crippen LogP contribution >= 0.6 is 11.3 Å². The standard InChI is InChI=1S/C14H16FNO3S2/c1-9-3-11(4-10(2)14(9)15)6-16-21(18,19)13-5-12(7-17)20-8-13/h3-5,8,16-17H,6-7H2,1-2H3. The van der Waals surface area contributed by atoms with Crippen LogP contribution in [-0.2, 0) is 23.2 Å². The Balaban J connectivity index is 2.15. The van der Waals surface area contributed by atoms with Crippen LogP contribution in [0, 0.1) is 19.7 Å². The molecule has 21 heavy (non-hydrogen) atoms. The van der Waals surface area contributed by atoms with Crippen molar-refractivity contribution < 1.29 is 17.9 Å². The molecule has 0 bridgehead atoms. The van der Waals surface area contributed by atoms with E-state index < -0.39 is 10.0 Å². The summed E-state index contributed by atoms with van der Waals surface area (Å²) in [4.78, 5) is 0.718. The molecule has 0 amide bonds. The van der Waals surface area contributed by atoms with E-state index >= 15 is 0 Å². The summed E-state index contributed by atoms with van der Waals surface area (Å²) < 4.78 is 40.2. The molecule has 7 heteroatoms. The molecule has 2 N–H and O–H groups in total. The summed E-state index contributed by atoms with van der Waals surface area (Å²) in [6, 6.07) is 4.68. The summed E-state index contributed by atoms with van der Waals surface area (Å²) in [5, 5.41) is 10.5. The van der Waals surface area contributed by atoms with E-state index in [0.29, 0.717) is 21.6 Å². The molecule has 4 nitrogen and oxygen atoms in total. The van der Waals surface area contributed by atoms with Crippen molar-refractivity contribution in [2.45, 2.75) is 31.9 Å². The van der Waals surface area contributed by atoms with Crippen molar-refractivity contribution in [1.82, 2.24) is 4.72 Å². The normalized spacial score (nSPS) is 11.8. The van der Waals surface area contributed by atoms with E-state index in [1.165, 1.54) is 22.8 Å². The van der Waals surface area contributed by atoms with Crippen molar-refractivity contribution >= 4 is 21.4 Å². The average Bonchev–Trinajstić information content (AvgIpc) is 2.92. The number of rotatable bonds is 5. The first-order chi connectivity index (χ1) is 9.83. The fourth-order valence-electron chi connectivity index (χ4n) is 1.98. The molecule has 0 aliphatic rings. The number of aliphatic hydroxyl groups is 1. The number of hydrogen-bond acceptors (Lipinski definition) is 4. The van der Waals surface area contributed by atoms with Crippen molar-refractivity contribution in [2.75, 3.05) is 0 Å². The highest BCUT2D eigenvalue weighted by molar-refractivity contribution is 7.89. The molecule has 0 saturated carbocycles. The van der Waals surface area contributed by atoms with Gasteiger partial charge in [-0.15, -0.1) is 11.3 Å². The Kier molecular flexibility index (Phi) is 4.77. The number of sulfonamides is 1. The molecule has 114 valence electrons. The van der Waals surface area contributed by atoms with E-state index in [2.05, 4.69) is 4.72 Å². The van der Waals surface area contributed by atoms with Crippen LogP contribution < -0.4 is 4.72 Å². The van der Waals surface area contributed by atoms with Crippen LogP contribution in [0.5, 0.6) is 0 Å². The average molecular weight is 329 g/mol. The predicted molar refractivity (Wildman–Crippen MR) is 80.1 cm³/mol. The third-order valence-electron chi connectivity index (χ3n) is 3.06. The number of hydrogen-bond donors (Lipinski definition) is 2. The van der Waals surface area contributed by atoms with Gasteiger partial charge in [0.1, 0.15) is 5.82 Å². The first kappa shape index (κ1) is 16.1. The molecule has 1 heterocycles. The molecular weight excluding hydrogens is 313 g/mol. The molecule has 2 aromatic rings. The van der Waals surface area contributed by atoms with Crippen molar-refractivity contribution in [3.63, 3.8) is 0 Å². The molecule has 0 aliphatic carbocycles. The Hall–Kier alpha value is -1.28. The third-order valence-corrected chi connectivity index (χ3v) is 5.51. The molecule has 0 atom stereocenters. The Bertz CT molecular complexity index is 730. The zero-order valence-corrected chi connectivity index (χ0v) is 13.3. The first-order valence-electron chi connectivity index (χ1n) is 6.27. The number of benzene rings is 1. The SMILES string of the molecule is Cc1cc(CNS(=O)(=O)c2csc(CO)c2)cc(C)c1F. The molecule has 0 saturated heterocycles. The van der Waals surface area contributed by atoms with Crippen LogP contribution in [-0.4, -0.2) is 13.5 Å². The molecule has 0 spiro atoms. The summed E-state index contributed by atoms with van der Waals surface area (Å²) in [5.74, 6) is -0.271. The lowest BCUT2D eigenvalue weighted by Crippen LogP contribution is -2.23. The van der Waals surface area contributed by atoms with Gasteiger partial charge in [0.15, 0.2) is 0 Å². The maximum Gasteiger partial charge on any atom is 0.241 e. The lowest BCUT2D eigenvalue weighted by molar-refractivity contribution is 0.285. The molecule has 0 radical (unpaired) electrons. The highest BCUT2D eigenvalue weighted by atomic mass is 32.2. The second-order valence-corrected chi connectivity index (χ2v) is 7.54. The molecule has 0 unspecified atom stereocenters. The number of nitrogens with one attached hydrogen (secondary N) is 1. The van der Waals surface area contributed by atoms with Gasteiger partial charge < -0.3 is 5.11 Å². The zero-order chi connectivity index (χ0) is 15.6. The van der Waals surface area contributed by atoms with E-state index in [1.54, 1.807) is 26.0 Å². The van der Waals surface area contributed by atoms with Crippen LogP contribution in [0.3, 0.4) is 0 Å². The summed E-state index contributed by atoms with van der Waals surface area (Å²) in [5.41, 5.74) is 1.68. The number of thiophene rings is 1. The Morgan fingerprint density at radius 1 is 1.24 bits per heavy atom. The van der Waals surface area contributed by atoms with Crippen LogP contribution in [0.2, 0.25) is 0 Å². The minimum atomic E-state index is -3.63. The molecule has 1 aromatic carbocycles. The van der Waals surface area contributed by atoms with E-state index in [4.69, 9.17) is 5.11 Å². The lowest BCUT2D eigenvalue weighted by Gasteiger charge is -2.08. The van der Waals surface area contributed by atoms with Gasteiger partial charge in [-0.3, -0.25) is 0 Å². The summed E-state index contributed by atoms with van der Waals surface area (Å²) >= 11 is 1.19. The highest BCUT2D eigenvalue weighted by Crippen LogP contribution is 2.20. The van der Waals surface area contributed by atoms with Crippen molar-refractivity contribution in [1.29, 1.82) is 0 Å². The maximum absolute atomic E-state index is 13.5. The van der Waals surface area contributed by atoms with Crippen LogP contribution in [0.25, 0.3) is 0 Å². The smallest absolute Gasteiger partial charge is 0.241 e. The highest BCUT2D eigenvalue weighted by Gasteiger charge is 2.16. The summed E-state index contributed by atoms with van der Waals surface area (Å²) in [7, 11) is -3.63. The largest absolute Gasteiger partial charge is 0.391 e.